The maximum Gasteiger partial charge on any atom is 0.262 e. The fraction of sp³-hybridized carbons (Fsp3) is 0.500. The zero-order chi connectivity index (χ0) is 25.9. The van der Waals surface area contributed by atoms with Crippen LogP contribution in [-0.2, 0) is 17.6 Å². The van der Waals surface area contributed by atoms with E-state index < -0.39 is 5.60 Å². The van der Waals surface area contributed by atoms with E-state index in [1.165, 1.54) is 12.0 Å². The lowest BCUT2D eigenvalue weighted by Crippen LogP contribution is -2.36. The Kier molecular flexibility index (Phi) is 5.60. The molecule has 8 nitrogen and oxygen atoms in total. The molecule has 2 aliphatic heterocycles. The van der Waals surface area contributed by atoms with Gasteiger partial charge in [0.1, 0.15) is 5.75 Å². The second kappa shape index (κ2) is 8.92. The number of aryl methyl sites for hydroxylation is 1. The summed E-state index contributed by atoms with van der Waals surface area (Å²) in [6.07, 6.45) is 9.52. The summed E-state index contributed by atoms with van der Waals surface area (Å²) in [5, 5.41) is 18.1. The molecule has 4 aliphatic rings. The average Bonchev–Trinajstić information content (AvgIpc) is 3.85. The molecule has 38 heavy (non-hydrogen) atoms. The van der Waals surface area contributed by atoms with Gasteiger partial charge in [0, 0.05) is 24.3 Å². The molecular weight excluding hydrogens is 480 g/mol. The summed E-state index contributed by atoms with van der Waals surface area (Å²) < 4.78 is 10.8. The molecule has 2 saturated carbocycles. The van der Waals surface area contributed by atoms with E-state index in [0.717, 1.165) is 73.0 Å². The quantitative estimate of drug-likeness (QED) is 0.411. The minimum absolute atomic E-state index is 0.0879. The first kappa shape index (κ1) is 23.9. The number of pyridine rings is 2. The van der Waals surface area contributed by atoms with Gasteiger partial charge in [-0.15, -0.1) is 0 Å². The smallest absolute Gasteiger partial charge is 0.262 e. The molecular formula is C30H34N4O4. The van der Waals surface area contributed by atoms with E-state index in [-0.39, 0.29) is 12.5 Å². The Hall–Kier alpha value is -3.23. The SMILES string of the molecule is COc1ccc2nccc(CCC3(O)CCC4(CC3)CC4C3NC3Cc3ccc4c(c3)NC(=O)CO4)c2n1. The molecule has 2 aromatic heterocycles. The van der Waals surface area contributed by atoms with Crippen molar-refractivity contribution in [1.29, 1.82) is 0 Å². The van der Waals surface area contributed by atoms with Gasteiger partial charge in [-0.05, 0) is 98.1 Å². The van der Waals surface area contributed by atoms with Crippen LogP contribution in [0.15, 0.2) is 42.6 Å². The predicted molar refractivity (Wildman–Crippen MR) is 143 cm³/mol. The van der Waals surface area contributed by atoms with Crippen LogP contribution in [-0.4, -0.2) is 52.4 Å². The lowest BCUT2D eigenvalue weighted by atomic mass is 9.73. The van der Waals surface area contributed by atoms with E-state index >= 15 is 0 Å². The lowest BCUT2D eigenvalue weighted by molar-refractivity contribution is -0.118. The molecule has 1 amide bonds. The van der Waals surface area contributed by atoms with Crippen LogP contribution in [0.5, 0.6) is 11.6 Å². The number of anilines is 1. The number of hydrogen-bond donors (Lipinski definition) is 3. The third-order valence-corrected chi connectivity index (χ3v) is 9.44. The third kappa shape index (κ3) is 4.39. The number of aromatic nitrogens is 2. The van der Waals surface area contributed by atoms with Crippen molar-refractivity contribution in [2.24, 2.45) is 11.3 Å². The third-order valence-electron chi connectivity index (χ3n) is 9.44. The van der Waals surface area contributed by atoms with Gasteiger partial charge < -0.3 is 25.2 Å². The molecule has 0 bridgehead atoms. The molecule has 198 valence electrons. The number of hydrogen-bond acceptors (Lipinski definition) is 7. The summed E-state index contributed by atoms with van der Waals surface area (Å²) in [4.78, 5) is 20.7. The number of carbonyl (C=O) groups is 1. The molecule has 7 rings (SSSR count). The summed E-state index contributed by atoms with van der Waals surface area (Å²) >= 11 is 0. The van der Waals surface area contributed by atoms with Gasteiger partial charge >= 0.3 is 0 Å². The van der Waals surface area contributed by atoms with Crippen molar-refractivity contribution in [2.45, 2.75) is 69.1 Å². The number of carbonyl (C=O) groups excluding carboxylic acids is 1. The molecule has 2 aliphatic carbocycles. The number of aliphatic hydroxyl groups is 1. The molecule has 3 N–H and O–H groups in total. The molecule has 1 aromatic carbocycles. The van der Waals surface area contributed by atoms with Crippen LogP contribution in [0.4, 0.5) is 5.69 Å². The fourth-order valence-corrected chi connectivity index (χ4v) is 6.95. The number of ether oxygens (including phenoxy) is 2. The first-order chi connectivity index (χ1) is 18.4. The molecule has 3 fully saturated rings. The molecule has 8 heteroatoms. The van der Waals surface area contributed by atoms with Crippen LogP contribution in [0.3, 0.4) is 0 Å². The number of benzene rings is 1. The van der Waals surface area contributed by atoms with E-state index in [4.69, 9.17) is 9.47 Å². The van der Waals surface area contributed by atoms with Gasteiger partial charge in [0.05, 0.1) is 29.4 Å². The van der Waals surface area contributed by atoms with Gasteiger partial charge in [-0.25, -0.2) is 4.98 Å². The Balaban J connectivity index is 0.934. The number of rotatable bonds is 7. The van der Waals surface area contributed by atoms with Crippen LogP contribution in [0, 0.1) is 11.3 Å². The van der Waals surface area contributed by atoms with Gasteiger partial charge in [-0.1, -0.05) is 6.07 Å². The largest absolute Gasteiger partial charge is 0.482 e. The molecule has 3 unspecified atom stereocenters. The van der Waals surface area contributed by atoms with Crippen molar-refractivity contribution in [1.82, 2.24) is 15.3 Å². The van der Waals surface area contributed by atoms with Crippen LogP contribution < -0.4 is 20.1 Å². The van der Waals surface area contributed by atoms with Crippen LogP contribution in [0.1, 0.15) is 49.7 Å². The number of fused-ring (bicyclic) bond motifs is 2. The van der Waals surface area contributed by atoms with E-state index in [1.807, 2.05) is 36.5 Å². The Morgan fingerprint density at radius 2 is 2.03 bits per heavy atom. The van der Waals surface area contributed by atoms with E-state index in [1.54, 1.807) is 7.11 Å². The number of nitrogens with zero attached hydrogens (tertiary/aromatic N) is 2. The van der Waals surface area contributed by atoms with Gasteiger partial charge in [0.2, 0.25) is 5.88 Å². The van der Waals surface area contributed by atoms with Crippen molar-refractivity contribution >= 4 is 22.6 Å². The van der Waals surface area contributed by atoms with Gasteiger partial charge in [-0.3, -0.25) is 9.78 Å². The maximum absolute atomic E-state index is 11.7. The number of amides is 1. The summed E-state index contributed by atoms with van der Waals surface area (Å²) in [5.41, 5.74) is 4.62. The molecule has 1 saturated heterocycles. The topological polar surface area (TPSA) is 116 Å². The Morgan fingerprint density at radius 1 is 1.16 bits per heavy atom. The van der Waals surface area contributed by atoms with Gasteiger partial charge in [-0.2, -0.15) is 0 Å². The molecule has 0 radical (unpaired) electrons. The predicted octanol–water partition coefficient (Wildman–Crippen LogP) is 3.80. The summed E-state index contributed by atoms with van der Waals surface area (Å²) in [6, 6.07) is 13.0. The van der Waals surface area contributed by atoms with Crippen molar-refractivity contribution < 1.29 is 19.4 Å². The van der Waals surface area contributed by atoms with E-state index in [2.05, 4.69) is 26.7 Å². The van der Waals surface area contributed by atoms with Crippen molar-refractivity contribution in [3.05, 3.63) is 53.7 Å². The highest BCUT2D eigenvalue weighted by atomic mass is 16.5. The molecule has 3 atom stereocenters. The van der Waals surface area contributed by atoms with Crippen LogP contribution in [0.25, 0.3) is 11.0 Å². The average molecular weight is 515 g/mol. The van der Waals surface area contributed by atoms with Gasteiger partial charge in [0.25, 0.3) is 5.91 Å². The number of nitrogens with one attached hydrogen (secondary N) is 2. The van der Waals surface area contributed by atoms with Crippen LogP contribution >= 0.6 is 0 Å². The lowest BCUT2D eigenvalue weighted by Gasteiger charge is -2.37. The second-order valence-electron chi connectivity index (χ2n) is 11.8. The Labute approximate surface area is 222 Å². The zero-order valence-electron chi connectivity index (χ0n) is 21.7. The number of methoxy groups -OCH3 is 1. The van der Waals surface area contributed by atoms with Crippen molar-refractivity contribution in [2.75, 3.05) is 19.0 Å². The van der Waals surface area contributed by atoms with Crippen molar-refractivity contribution in [3.63, 3.8) is 0 Å². The monoisotopic (exact) mass is 514 g/mol. The Morgan fingerprint density at radius 3 is 2.87 bits per heavy atom. The highest BCUT2D eigenvalue weighted by molar-refractivity contribution is 5.95. The summed E-state index contributed by atoms with van der Waals surface area (Å²) in [7, 11) is 1.62. The van der Waals surface area contributed by atoms with Crippen molar-refractivity contribution in [3.8, 4) is 11.6 Å². The highest BCUT2D eigenvalue weighted by Gasteiger charge is 2.64. The minimum atomic E-state index is -0.612. The normalized spacial score (nSPS) is 31.4. The molecule has 3 aromatic rings. The first-order valence-electron chi connectivity index (χ1n) is 13.8. The fourth-order valence-electron chi connectivity index (χ4n) is 6.95. The highest BCUT2D eigenvalue weighted by Crippen LogP contribution is 2.66. The van der Waals surface area contributed by atoms with E-state index in [9.17, 15) is 9.90 Å². The summed E-state index contributed by atoms with van der Waals surface area (Å²) in [5.74, 6) is 1.95. The van der Waals surface area contributed by atoms with Gasteiger partial charge in [0.15, 0.2) is 6.61 Å². The van der Waals surface area contributed by atoms with Crippen LogP contribution in [0.2, 0.25) is 0 Å². The second-order valence-corrected chi connectivity index (χ2v) is 11.8. The molecule has 1 spiro atoms. The minimum Gasteiger partial charge on any atom is -0.482 e. The molecule has 4 heterocycles. The maximum atomic E-state index is 11.7. The zero-order valence-corrected chi connectivity index (χ0v) is 21.7. The standard InChI is InChI=1S/C30H34N4O4/c1-37-26-5-3-21-27(34-26)19(7-13-31-21)6-8-30(36)11-9-29(10-12-30)16-20(29)28-23(33-28)15-18-2-4-24-22(14-18)32-25(35)17-38-24/h2-5,7,13-14,20,23,28,33,36H,6,8-12,15-17H2,1H3,(H,32,35). The summed E-state index contributed by atoms with van der Waals surface area (Å²) in [6.45, 7) is 0.0879. The Bertz CT molecular complexity index is 1400. The van der Waals surface area contributed by atoms with E-state index in [0.29, 0.717) is 29.3 Å². The first-order valence-corrected chi connectivity index (χ1v) is 13.8.